The van der Waals surface area contributed by atoms with Gasteiger partial charge in [0, 0.05) is 0 Å². The number of allylic oxidation sites excluding steroid dienone is 8. The maximum atomic E-state index is 2.83. The van der Waals surface area contributed by atoms with Gasteiger partial charge in [-0.2, -0.15) is 0 Å². The van der Waals surface area contributed by atoms with Crippen LogP contribution in [0.2, 0.25) is 59.8 Å². The third kappa shape index (κ3) is 7.91. The van der Waals surface area contributed by atoms with E-state index < -0.39 is 50.3 Å². The number of hydrogen-bond acceptors (Lipinski definition) is 0. The van der Waals surface area contributed by atoms with Crippen LogP contribution in [0.3, 0.4) is 0 Å². The summed E-state index contributed by atoms with van der Waals surface area (Å²) in [4.78, 5) is 0. The SMILES string of the molecule is CC1=C(C)C(C)([SiH](c2ccc(C)cc2)c2cc(C)cc([Si](C)(C)C)c2)[C]([Ti]([CH3])([CH3])[C]2=C(C)C(C)=C(C)C2(C)[SiH](c2ccc(C)cc2)c2cc(C)cc([Si](C)(C)C)c2)=C1C. The summed E-state index contributed by atoms with van der Waals surface area (Å²) >= 11 is -3.22. The Balaban J connectivity index is 1.68. The number of rotatable bonds is 10. The molecule has 2 aliphatic carbocycles. The quantitative estimate of drug-likeness (QED) is 0.139. The van der Waals surface area contributed by atoms with Crippen molar-refractivity contribution in [2.45, 2.75) is 143 Å². The van der Waals surface area contributed by atoms with Crippen LogP contribution in [-0.2, 0) is 16.6 Å². The van der Waals surface area contributed by atoms with Crippen LogP contribution in [0.5, 0.6) is 0 Å². The molecular formula is C54H76Si4Ti. The van der Waals surface area contributed by atoms with Gasteiger partial charge in [0.1, 0.15) is 0 Å². The molecule has 4 aromatic rings. The van der Waals surface area contributed by atoms with Crippen molar-refractivity contribution < 1.29 is 16.6 Å². The van der Waals surface area contributed by atoms with Crippen LogP contribution in [0.1, 0.15) is 77.6 Å². The number of aryl methyl sites for hydroxylation is 4. The van der Waals surface area contributed by atoms with Crippen molar-refractivity contribution in [3.8, 4) is 0 Å². The van der Waals surface area contributed by atoms with Gasteiger partial charge in [0.15, 0.2) is 0 Å². The van der Waals surface area contributed by atoms with Gasteiger partial charge in [-0.25, -0.2) is 0 Å². The molecule has 0 amide bonds. The molecule has 0 aliphatic heterocycles. The van der Waals surface area contributed by atoms with Crippen molar-refractivity contribution >= 4 is 64.9 Å². The second kappa shape index (κ2) is 16.0. The van der Waals surface area contributed by atoms with Crippen molar-refractivity contribution in [1.82, 2.24) is 0 Å². The molecule has 2 aliphatic rings. The molecule has 0 saturated carbocycles. The van der Waals surface area contributed by atoms with Crippen molar-refractivity contribution in [2.75, 3.05) is 0 Å². The van der Waals surface area contributed by atoms with E-state index in [4.69, 9.17) is 0 Å². The van der Waals surface area contributed by atoms with Crippen molar-refractivity contribution in [2.24, 2.45) is 0 Å². The standard InChI is InChI=1S/2C26H35Si2.2CH3.Ti/c2*1-18-10-12-23(13-11-18)27(26(6)17-20(3)21(4)22(26)5)24-14-19(2)15-25(16-24)28(7,8)9;;;/h2*10-16,27H,1-9H3;2*1H3;. The molecule has 4 atom stereocenters. The summed E-state index contributed by atoms with van der Waals surface area (Å²) in [7, 11) is -7.04. The zero-order valence-electron chi connectivity index (χ0n) is 40.7. The second-order valence-electron chi connectivity index (χ2n) is 22.0. The molecule has 0 radical (unpaired) electrons. The minimum absolute atomic E-state index is 0.0364. The van der Waals surface area contributed by atoms with Gasteiger partial charge in [0.2, 0.25) is 0 Å². The van der Waals surface area contributed by atoms with E-state index >= 15 is 0 Å². The second-order valence-corrected chi connectivity index (χ2v) is 45.5. The van der Waals surface area contributed by atoms with E-state index in [0.717, 1.165) is 0 Å². The molecule has 0 bridgehead atoms. The molecule has 0 heterocycles. The molecule has 4 aromatic carbocycles. The van der Waals surface area contributed by atoms with Crippen LogP contribution < -0.4 is 31.1 Å². The van der Waals surface area contributed by atoms with Gasteiger partial charge >= 0.3 is 373 Å². The van der Waals surface area contributed by atoms with Crippen LogP contribution in [0, 0.1) is 27.7 Å². The predicted octanol–water partition coefficient (Wildman–Crippen LogP) is 11.4. The van der Waals surface area contributed by atoms with E-state index in [-0.39, 0.29) is 10.1 Å². The first kappa shape index (κ1) is 45.9. The van der Waals surface area contributed by atoms with Crippen molar-refractivity contribution in [3.63, 3.8) is 0 Å². The molecule has 6 rings (SSSR count). The first-order chi connectivity index (χ1) is 27.2. The monoisotopic (exact) mass is 884 g/mol. The topological polar surface area (TPSA) is 0 Å². The van der Waals surface area contributed by atoms with Crippen LogP contribution in [0.25, 0.3) is 0 Å². The summed E-state index contributed by atoms with van der Waals surface area (Å²) in [6.45, 7) is 44.9. The molecule has 0 N–H and O–H groups in total. The van der Waals surface area contributed by atoms with Crippen LogP contribution in [-0.4, -0.2) is 33.7 Å². The zero-order chi connectivity index (χ0) is 43.9. The van der Waals surface area contributed by atoms with E-state index in [9.17, 15) is 0 Å². The fourth-order valence-electron chi connectivity index (χ4n) is 12.0. The molecular weight excluding hydrogens is 809 g/mol. The van der Waals surface area contributed by atoms with Crippen LogP contribution in [0.15, 0.2) is 126 Å². The Kier molecular flexibility index (Phi) is 12.4. The van der Waals surface area contributed by atoms with Crippen molar-refractivity contribution in [3.05, 3.63) is 148 Å². The first-order valence-electron chi connectivity index (χ1n) is 22.3. The molecule has 59 heavy (non-hydrogen) atoms. The zero-order valence-corrected chi connectivity index (χ0v) is 46.6. The average molecular weight is 885 g/mol. The minimum atomic E-state index is -3.22. The Labute approximate surface area is 370 Å². The number of benzene rings is 4. The van der Waals surface area contributed by atoms with Gasteiger partial charge in [-0.3, -0.25) is 0 Å². The molecule has 312 valence electrons. The van der Waals surface area contributed by atoms with E-state index in [1.54, 1.807) is 64.6 Å². The molecule has 4 unspecified atom stereocenters. The van der Waals surface area contributed by atoms with E-state index in [1.165, 1.54) is 22.3 Å². The molecule has 0 saturated heterocycles. The summed E-state index contributed by atoms with van der Waals surface area (Å²) in [5.41, 5.74) is 15.1. The van der Waals surface area contributed by atoms with Gasteiger partial charge in [-0.1, -0.05) is 0 Å². The third-order valence-electron chi connectivity index (χ3n) is 15.4. The van der Waals surface area contributed by atoms with Crippen LogP contribution >= 0.6 is 0 Å². The maximum absolute atomic E-state index is 3.22. The van der Waals surface area contributed by atoms with Gasteiger partial charge in [-0.05, 0) is 0 Å². The molecule has 0 spiro atoms. The number of hydrogen-bond donors (Lipinski definition) is 0. The Morgan fingerprint density at radius 3 is 0.983 bits per heavy atom. The van der Waals surface area contributed by atoms with Gasteiger partial charge < -0.3 is 0 Å². The average Bonchev–Trinajstić information content (AvgIpc) is 3.42. The Morgan fingerprint density at radius 1 is 0.390 bits per heavy atom. The van der Waals surface area contributed by atoms with E-state index in [2.05, 4.69) is 218 Å². The summed E-state index contributed by atoms with van der Waals surface area (Å²) < 4.78 is 3.71. The van der Waals surface area contributed by atoms with Gasteiger partial charge in [-0.15, -0.1) is 0 Å². The Hall–Kier alpha value is -2.58. The Bertz CT molecular complexity index is 2270. The predicted molar refractivity (Wildman–Crippen MR) is 274 cm³/mol. The summed E-state index contributed by atoms with van der Waals surface area (Å²) in [6.07, 6.45) is 0. The van der Waals surface area contributed by atoms with Crippen LogP contribution in [0.4, 0.5) is 0 Å². The van der Waals surface area contributed by atoms with Gasteiger partial charge in [0.25, 0.3) is 0 Å². The third-order valence-corrected chi connectivity index (χ3v) is 34.9. The van der Waals surface area contributed by atoms with E-state index in [0.29, 0.717) is 0 Å². The molecule has 5 heteroatoms. The van der Waals surface area contributed by atoms with Crippen molar-refractivity contribution in [1.29, 1.82) is 0 Å². The van der Waals surface area contributed by atoms with E-state index in [1.807, 2.05) is 7.76 Å². The fraction of sp³-hybridized carbons (Fsp3) is 0.407. The summed E-state index contributed by atoms with van der Waals surface area (Å²) in [6, 6.07) is 35.3. The normalized spacial score (nSPS) is 21.6. The summed E-state index contributed by atoms with van der Waals surface area (Å²) in [5.74, 6) is 0. The van der Waals surface area contributed by atoms with Gasteiger partial charge in [0.05, 0.1) is 0 Å². The molecule has 0 aromatic heterocycles. The first-order valence-corrected chi connectivity index (χ1v) is 37.5. The summed E-state index contributed by atoms with van der Waals surface area (Å²) in [5, 5.41) is 15.2. The fourth-order valence-corrected chi connectivity index (χ4v) is 36.2. The molecule has 0 nitrogen and oxygen atoms in total. The molecule has 0 fully saturated rings. The Morgan fingerprint density at radius 2 is 0.695 bits per heavy atom.